The van der Waals surface area contributed by atoms with Crippen LogP contribution in [0.4, 0.5) is 0 Å². The summed E-state index contributed by atoms with van der Waals surface area (Å²) < 4.78 is 10.4. The zero-order valence-corrected chi connectivity index (χ0v) is 14.6. The molecule has 0 amide bonds. The van der Waals surface area contributed by atoms with E-state index < -0.39 is 0 Å². The number of methoxy groups -OCH3 is 1. The number of hydrogen-bond acceptors (Lipinski definition) is 6. The molecule has 0 unspecified atom stereocenters. The number of benzene rings is 1. The lowest BCUT2D eigenvalue weighted by atomic mass is 10.1. The van der Waals surface area contributed by atoms with Crippen molar-refractivity contribution in [2.45, 2.75) is 13.8 Å². The Morgan fingerprint density at radius 1 is 1.17 bits per heavy atom. The third-order valence-electron chi connectivity index (χ3n) is 3.57. The Bertz CT molecular complexity index is 925. The summed E-state index contributed by atoms with van der Waals surface area (Å²) in [7, 11) is 1.46. The fourth-order valence-electron chi connectivity index (χ4n) is 2.30. The molecular weight excluding hydrogens is 353 g/mol. The van der Waals surface area contributed by atoms with Crippen LogP contribution in [0.15, 0.2) is 22.7 Å². The van der Waals surface area contributed by atoms with E-state index in [1.807, 2.05) is 6.92 Å². The van der Waals surface area contributed by atoms with Crippen molar-refractivity contribution in [1.82, 2.24) is 15.1 Å². The predicted octanol–water partition coefficient (Wildman–Crippen LogP) is 4.44. The van der Waals surface area contributed by atoms with Crippen LogP contribution in [0.5, 0.6) is 11.5 Å². The highest BCUT2D eigenvalue weighted by Gasteiger charge is 2.20. The summed E-state index contributed by atoms with van der Waals surface area (Å²) >= 11 is 12.5. The molecule has 2 aromatic heterocycles. The highest BCUT2D eigenvalue weighted by atomic mass is 35.5. The van der Waals surface area contributed by atoms with Gasteiger partial charge in [-0.15, -0.1) is 0 Å². The zero-order valence-electron chi connectivity index (χ0n) is 13.1. The molecule has 0 aliphatic carbocycles. The number of hydrogen-bond donors (Lipinski definition) is 1. The maximum atomic E-state index is 9.66. The number of ether oxygens (including phenoxy) is 1. The van der Waals surface area contributed by atoms with Gasteiger partial charge in [-0.2, -0.15) is 4.98 Å². The average molecular weight is 366 g/mol. The molecule has 124 valence electrons. The highest BCUT2D eigenvalue weighted by Crippen LogP contribution is 2.36. The second-order valence-electron chi connectivity index (χ2n) is 5.11. The van der Waals surface area contributed by atoms with Crippen molar-refractivity contribution in [1.29, 1.82) is 0 Å². The summed E-state index contributed by atoms with van der Waals surface area (Å²) in [6, 6.07) is 4.73. The molecule has 0 bridgehead atoms. The molecule has 24 heavy (non-hydrogen) atoms. The van der Waals surface area contributed by atoms with Crippen molar-refractivity contribution in [2.24, 2.45) is 0 Å². The van der Waals surface area contributed by atoms with Crippen molar-refractivity contribution in [3.63, 3.8) is 0 Å². The maximum absolute atomic E-state index is 9.66. The van der Waals surface area contributed by atoms with Crippen LogP contribution in [-0.2, 0) is 0 Å². The molecule has 3 rings (SSSR count). The number of pyridine rings is 1. The fraction of sp³-hybridized carbons (Fsp3) is 0.188. The number of aryl methyl sites for hydroxylation is 1. The molecule has 0 aliphatic rings. The number of aromatic hydroxyl groups is 1. The van der Waals surface area contributed by atoms with Crippen molar-refractivity contribution in [3.8, 4) is 34.3 Å². The molecule has 3 aromatic rings. The van der Waals surface area contributed by atoms with E-state index in [2.05, 4.69) is 15.1 Å². The molecule has 8 heteroatoms. The summed E-state index contributed by atoms with van der Waals surface area (Å²) in [6.45, 7) is 3.59. The Hall–Kier alpha value is -2.31. The van der Waals surface area contributed by atoms with Gasteiger partial charge in [-0.25, -0.2) is 4.98 Å². The summed E-state index contributed by atoms with van der Waals surface area (Å²) in [5.41, 5.74) is 2.48. The fourth-order valence-corrected chi connectivity index (χ4v) is 2.79. The molecule has 0 atom stereocenters. The van der Waals surface area contributed by atoms with Gasteiger partial charge in [0.05, 0.1) is 23.4 Å². The standard InChI is InChI=1S/C16H13Cl2N3O3/c1-7-12(14(18)19-8(2)13(7)17)15-20-16(24-21-15)9-4-5-10(22)11(6-9)23-3/h4-6,22H,1-3H3. The molecule has 0 saturated carbocycles. The minimum atomic E-state index is 0.0226. The highest BCUT2D eigenvalue weighted by molar-refractivity contribution is 6.35. The molecule has 2 heterocycles. The van der Waals surface area contributed by atoms with Crippen LogP contribution in [0, 0.1) is 13.8 Å². The lowest BCUT2D eigenvalue weighted by Gasteiger charge is -2.07. The minimum Gasteiger partial charge on any atom is -0.504 e. The van der Waals surface area contributed by atoms with E-state index in [9.17, 15) is 5.11 Å². The van der Waals surface area contributed by atoms with E-state index >= 15 is 0 Å². The number of phenolic OH excluding ortho intramolecular Hbond substituents is 1. The monoisotopic (exact) mass is 365 g/mol. The quantitative estimate of drug-likeness (QED) is 0.691. The van der Waals surface area contributed by atoms with Crippen LogP contribution in [0.3, 0.4) is 0 Å². The first-order valence-corrected chi connectivity index (χ1v) is 7.71. The number of halogens is 2. The van der Waals surface area contributed by atoms with Crippen LogP contribution in [-0.4, -0.2) is 27.3 Å². The smallest absolute Gasteiger partial charge is 0.258 e. The second kappa shape index (κ2) is 6.30. The molecule has 1 aromatic carbocycles. The van der Waals surface area contributed by atoms with Crippen LogP contribution in [0.1, 0.15) is 11.3 Å². The van der Waals surface area contributed by atoms with E-state index in [0.29, 0.717) is 27.6 Å². The van der Waals surface area contributed by atoms with Gasteiger partial charge < -0.3 is 14.4 Å². The summed E-state index contributed by atoms with van der Waals surface area (Å²) in [5.74, 6) is 0.875. The van der Waals surface area contributed by atoms with E-state index in [0.717, 1.165) is 5.56 Å². The number of phenols is 1. The molecule has 0 spiro atoms. The van der Waals surface area contributed by atoms with Gasteiger partial charge in [0.25, 0.3) is 5.89 Å². The van der Waals surface area contributed by atoms with Gasteiger partial charge >= 0.3 is 0 Å². The first-order valence-electron chi connectivity index (χ1n) is 6.96. The first kappa shape index (κ1) is 16.5. The minimum absolute atomic E-state index is 0.0226. The normalized spacial score (nSPS) is 10.9. The lowest BCUT2D eigenvalue weighted by Crippen LogP contribution is -1.95. The van der Waals surface area contributed by atoms with Crippen molar-refractivity contribution >= 4 is 23.2 Å². The third kappa shape index (κ3) is 2.79. The van der Waals surface area contributed by atoms with Gasteiger partial charge in [-0.1, -0.05) is 28.4 Å². The number of aromatic nitrogens is 3. The summed E-state index contributed by atoms with van der Waals surface area (Å²) in [4.78, 5) is 8.54. The number of rotatable bonds is 3. The van der Waals surface area contributed by atoms with E-state index in [1.165, 1.54) is 13.2 Å². The SMILES string of the molecule is COc1cc(-c2nc(-c3c(Cl)nc(C)c(Cl)c3C)no2)ccc1O. The van der Waals surface area contributed by atoms with E-state index in [1.54, 1.807) is 19.1 Å². The first-order chi connectivity index (χ1) is 11.4. The van der Waals surface area contributed by atoms with Gasteiger partial charge in [-0.3, -0.25) is 0 Å². The van der Waals surface area contributed by atoms with Gasteiger partial charge in [0.1, 0.15) is 5.15 Å². The number of nitrogens with zero attached hydrogens (tertiary/aromatic N) is 3. The largest absolute Gasteiger partial charge is 0.504 e. The molecule has 0 fully saturated rings. The summed E-state index contributed by atoms with van der Waals surface area (Å²) in [5, 5.41) is 14.4. The van der Waals surface area contributed by atoms with Crippen molar-refractivity contribution < 1.29 is 14.4 Å². The Morgan fingerprint density at radius 2 is 1.92 bits per heavy atom. The zero-order chi connectivity index (χ0) is 17.4. The van der Waals surface area contributed by atoms with Gasteiger partial charge in [0, 0.05) is 5.56 Å². The molecule has 1 N–H and O–H groups in total. The van der Waals surface area contributed by atoms with E-state index in [-0.39, 0.29) is 22.6 Å². The Labute approximate surface area is 148 Å². The Morgan fingerprint density at radius 3 is 2.62 bits per heavy atom. The van der Waals surface area contributed by atoms with Gasteiger partial charge in [-0.05, 0) is 37.6 Å². The summed E-state index contributed by atoms with van der Waals surface area (Å²) in [6.07, 6.45) is 0. The molecule has 0 aliphatic heterocycles. The van der Waals surface area contributed by atoms with Gasteiger partial charge in [0.2, 0.25) is 5.82 Å². The molecule has 0 saturated heterocycles. The third-order valence-corrected chi connectivity index (χ3v) is 4.40. The molecular formula is C16H13Cl2N3O3. The Balaban J connectivity index is 2.08. The predicted molar refractivity (Wildman–Crippen MR) is 90.7 cm³/mol. The maximum Gasteiger partial charge on any atom is 0.258 e. The topological polar surface area (TPSA) is 81.3 Å². The van der Waals surface area contributed by atoms with E-state index in [4.69, 9.17) is 32.5 Å². The van der Waals surface area contributed by atoms with Crippen LogP contribution in [0.25, 0.3) is 22.8 Å². The lowest BCUT2D eigenvalue weighted by molar-refractivity contribution is 0.373. The van der Waals surface area contributed by atoms with Crippen LogP contribution >= 0.6 is 23.2 Å². The molecule has 0 radical (unpaired) electrons. The Kier molecular flexibility index (Phi) is 4.34. The van der Waals surface area contributed by atoms with Crippen molar-refractivity contribution in [3.05, 3.63) is 39.6 Å². The van der Waals surface area contributed by atoms with Crippen molar-refractivity contribution in [2.75, 3.05) is 7.11 Å². The second-order valence-corrected chi connectivity index (χ2v) is 5.85. The van der Waals surface area contributed by atoms with Crippen LogP contribution in [0.2, 0.25) is 10.2 Å². The van der Waals surface area contributed by atoms with Crippen LogP contribution < -0.4 is 4.74 Å². The average Bonchev–Trinajstić information content (AvgIpc) is 3.03. The molecule has 6 nitrogen and oxygen atoms in total. The van der Waals surface area contributed by atoms with Gasteiger partial charge in [0.15, 0.2) is 11.5 Å².